The summed E-state index contributed by atoms with van der Waals surface area (Å²) in [5.74, 6) is -0.420. The summed E-state index contributed by atoms with van der Waals surface area (Å²) in [6.45, 7) is 5.77. The Morgan fingerprint density at radius 3 is 2.54 bits per heavy atom. The molecule has 0 fully saturated rings. The normalized spacial score (nSPS) is 11.3. The minimum Gasteiger partial charge on any atom is -0.481 e. The highest BCUT2D eigenvalue weighted by atomic mass is 32.2. The molecule has 1 heterocycles. The number of aliphatic carboxylic acids is 1. The molecule has 0 aliphatic heterocycles. The summed E-state index contributed by atoms with van der Waals surface area (Å²) in [5.41, 5.74) is 0.640. The predicted molar refractivity (Wildman–Crippen MR) is 106 cm³/mol. The number of aromatic nitrogens is 1. The van der Waals surface area contributed by atoms with Gasteiger partial charge in [-0.05, 0) is 31.9 Å². The average molecular weight is 393 g/mol. The maximum atomic E-state index is 12.7. The average Bonchev–Trinajstić information content (AvgIpc) is 3.06. The lowest BCUT2D eigenvalue weighted by atomic mass is 9.82. The molecule has 1 aromatic carbocycles. The van der Waals surface area contributed by atoms with Crippen molar-refractivity contribution in [2.45, 2.75) is 44.3 Å². The highest BCUT2D eigenvalue weighted by Crippen LogP contribution is 2.28. The van der Waals surface area contributed by atoms with Gasteiger partial charge >= 0.3 is 5.97 Å². The monoisotopic (exact) mass is 392 g/mol. The van der Waals surface area contributed by atoms with Crippen molar-refractivity contribution in [2.75, 3.05) is 6.54 Å². The smallest absolute Gasteiger partial charge is 0.311 e. The van der Waals surface area contributed by atoms with Crippen LogP contribution in [-0.4, -0.2) is 28.5 Å². The van der Waals surface area contributed by atoms with Crippen LogP contribution in [0.2, 0.25) is 0 Å². The lowest BCUT2D eigenvalue weighted by molar-refractivity contribution is -0.149. The van der Waals surface area contributed by atoms with Crippen molar-refractivity contribution in [3.8, 4) is 0 Å². The minimum absolute atomic E-state index is 0.123. The number of nitrogens with zero attached hydrogens (tertiary/aromatic N) is 1. The van der Waals surface area contributed by atoms with Crippen LogP contribution in [-0.2, 0) is 10.5 Å². The van der Waals surface area contributed by atoms with Gasteiger partial charge in [-0.25, -0.2) is 4.98 Å². The number of thiazole rings is 1. The van der Waals surface area contributed by atoms with Crippen LogP contribution < -0.4 is 5.32 Å². The van der Waals surface area contributed by atoms with Gasteiger partial charge in [-0.1, -0.05) is 26.0 Å². The van der Waals surface area contributed by atoms with Crippen molar-refractivity contribution in [1.82, 2.24) is 10.3 Å². The van der Waals surface area contributed by atoms with Gasteiger partial charge in [-0.15, -0.1) is 23.1 Å². The molecule has 26 heavy (non-hydrogen) atoms. The number of hydrogen-bond acceptors (Lipinski definition) is 5. The van der Waals surface area contributed by atoms with Crippen molar-refractivity contribution < 1.29 is 14.7 Å². The van der Waals surface area contributed by atoms with Gasteiger partial charge in [0.15, 0.2) is 0 Å². The zero-order chi connectivity index (χ0) is 19.2. The Kier molecular flexibility index (Phi) is 7.23. The number of carboxylic acid groups (broad SMARTS) is 1. The Morgan fingerprint density at radius 1 is 1.27 bits per heavy atom. The molecule has 0 spiro atoms. The van der Waals surface area contributed by atoms with Gasteiger partial charge in [0.25, 0.3) is 5.91 Å². The second-order valence-corrected chi connectivity index (χ2v) is 8.20. The highest BCUT2D eigenvalue weighted by molar-refractivity contribution is 7.98. The molecule has 0 unspecified atom stereocenters. The molecule has 0 saturated carbocycles. The molecule has 0 aliphatic carbocycles. The first-order chi connectivity index (χ1) is 12.4. The van der Waals surface area contributed by atoms with E-state index in [2.05, 4.69) is 10.3 Å². The summed E-state index contributed by atoms with van der Waals surface area (Å²) >= 11 is 3.17. The zero-order valence-corrected chi connectivity index (χ0v) is 16.9. The van der Waals surface area contributed by atoms with E-state index in [9.17, 15) is 14.7 Å². The maximum Gasteiger partial charge on any atom is 0.311 e. The molecule has 0 atom stereocenters. The first kappa shape index (κ1) is 20.5. The molecule has 2 aromatic rings. The van der Waals surface area contributed by atoms with Crippen LogP contribution in [0.15, 0.2) is 34.5 Å². The van der Waals surface area contributed by atoms with E-state index >= 15 is 0 Å². The van der Waals surface area contributed by atoms with Crippen molar-refractivity contribution in [2.24, 2.45) is 5.41 Å². The number of benzene rings is 1. The predicted octanol–water partition coefficient (Wildman–Crippen LogP) is 4.36. The lowest BCUT2D eigenvalue weighted by Gasteiger charge is -2.27. The van der Waals surface area contributed by atoms with E-state index in [4.69, 9.17) is 0 Å². The van der Waals surface area contributed by atoms with Crippen molar-refractivity contribution in [3.05, 3.63) is 45.9 Å². The SMILES string of the molecule is CCC(CC)(CNC(=O)c1ccccc1SCc1csc(C)n1)C(=O)O. The number of carboxylic acids is 1. The number of aryl methyl sites for hydroxylation is 1. The van der Waals surface area contributed by atoms with Gasteiger partial charge in [0.05, 0.1) is 21.7 Å². The second kappa shape index (κ2) is 9.19. The maximum absolute atomic E-state index is 12.7. The summed E-state index contributed by atoms with van der Waals surface area (Å²) < 4.78 is 0. The molecule has 7 heteroatoms. The zero-order valence-electron chi connectivity index (χ0n) is 15.2. The summed E-state index contributed by atoms with van der Waals surface area (Å²) in [6, 6.07) is 7.38. The summed E-state index contributed by atoms with van der Waals surface area (Å²) in [6.07, 6.45) is 0.942. The number of carbonyl (C=O) groups excluding carboxylic acids is 1. The Labute approximate surface area is 162 Å². The van der Waals surface area contributed by atoms with Crippen LogP contribution >= 0.6 is 23.1 Å². The third-order valence-electron chi connectivity index (χ3n) is 4.57. The van der Waals surface area contributed by atoms with E-state index in [0.717, 1.165) is 15.6 Å². The fourth-order valence-electron chi connectivity index (χ4n) is 2.63. The molecular formula is C19H24N2O3S2. The summed E-state index contributed by atoms with van der Waals surface area (Å²) in [4.78, 5) is 29.6. The second-order valence-electron chi connectivity index (χ2n) is 6.12. The number of hydrogen-bond donors (Lipinski definition) is 2. The van der Waals surface area contributed by atoms with Gasteiger partial charge in [0.2, 0.25) is 0 Å². The largest absolute Gasteiger partial charge is 0.481 e. The molecule has 140 valence electrons. The number of thioether (sulfide) groups is 1. The van der Waals surface area contributed by atoms with Crippen molar-refractivity contribution in [1.29, 1.82) is 0 Å². The molecule has 1 aromatic heterocycles. The van der Waals surface area contributed by atoms with Crippen LogP contribution in [0.5, 0.6) is 0 Å². The third-order valence-corrected chi connectivity index (χ3v) is 6.50. The van der Waals surface area contributed by atoms with Gasteiger partial charge in [0, 0.05) is 22.6 Å². The molecular weight excluding hydrogens is 368 g/mol. The van der Waals surface area contributed by atoms with Crippen LogP contribution in [0.4, 0.5) is 0 Å². The number of nitrogens with one attached hydrogen (secondary N) is 1. The van der Waals surface area contributed by atoms with Gasteiger partial charge in [0.1, 0.15) is 0 Å². The van der Waals surface area contributed by atoms with E-state index in [1.165, 1.54) is 0 Å². The van der Waals surface area contributed by atoms with Crippen LogP contribution in [0.25, 0.3) is 0 Å². The minimum atomic E-state index is -0.921. The van der Waals surface area contributed by atoms with E-state index in [-0.39, 0.29) is 12.5 Å². The third kappa shape index (κ3) is 4.86. The van der Waals surface area contributed by atoms with E-state index in [1.807, 2.05) is 44.4 Å². The topological polar surface area (TPSA) is 79.3 Å². The lowest BCUT2D eigenvalue weighted by Crippen LogP contribution is -2.42. The Hall–Kier alpha value is -1.86. The van der Waals surface area contributed by atoms with E-state index in [1.54, 1.807) is 29.2 Å². The summed E-state index contributed by atoms with van der Waals surface area (Å²) in [5, 5.41) is 15.4. The first-order valence-electron chi connectivity index (χ1n) is 8.56. The number of carbonyl (C=O) groups is 2. The molecule has 0 bridgehead atoms. The molecule has 2 rings (SSSR count). The van der Waals surface area contributed by atoms with Crippen molar-refractivity contribution >= 4 is 35.0 Å². The fourth-order valence-corrected chi connectivity index (χ4v) is 4.29. The first-order valence-corrected chi connectivity index (χ1v) is 10.4. The van der Waals surface area contributed by atoms with Gasteiger partial charge in [-0.2, -0.15) is 0 Å². The Morgan fingerprint density at radius 2 is 1.96 bits per heavy atom. The van der Waals surface area contributed by atoms with Crippen molar-refractivity contribution in [3.63, 3.8) is 0 Å². The molecule has 1 amide bonds. The van der Waals surface area contributed by atoms with Gasteiger partial charge in [-0.3, -0.25) is 9.59 Å². The number of amides is 1. The van der Waals surface area contributed by atoms with E-state index < -0.39 is 11.4 Å². The molecule has 0 radical (unpaired) electrons. The van der Waals surface area contributed by atoms with Crippen LogP contribution in [0, 0.1) is 12.3 Å². The van der Waals surface area contributed by atoms with Crippen LogP contribution in [0.3, 0.4) is 0 Å². The van der Waals surface area contributed by atoms with Gasteiger partial charge < -0.3 is 10.4 Å². The fraction of sp³-hybridized carbons (Fsp3) is 0.421. The van der Waals surface area contributed by atoms with Crippen LogP contribution in [0.1, 0.15) is 47.7 Å². The molecule has 0 aliphatic rings. The van der Waals surface area contributed by atoms with E-state index in [0.29, 0.717) is 24.2 Å². The Bertz CT molecular complexity index is 770. The summed E-state index contributed by atoms with van der Waals surface area (Å²) in [7, 11) is 0. The molecule has 0 saturated heterocycles. The molecule has 2 N–H and O–H groups in total. The Balaban J connectivity index is 2.08. The number of rotatable bonds is 9. The highest BCUT2D eigenvalue weighted by Gasteiger charge is 2.35. The quantitative estimate of drug-likeness (QED) is 0.620. The molecule has 5 nitrogen and oxygen atoms in total. The standard InChI is InChI=1S/C19H24N2O3S2/c1-4-19(5-2,18(23)24)12-20-17(22)15-8-6-7-9-16(15)26-11-14-10-25-13(3)21-14/h6-10H,4-5,11-12H2,1-3H3,(H,20,22)(H,23,24).